The molecule has 2 rings (SSSR count). The minimum atomic E-state index is -0.310. The molecule has 4 heteroatoms. The third-order valence-corrected chi connectivity index (χ3v) is 2.91. The lowest BCUT2D eigenvalue weighted by atomic mass is 10.1. The summed E-state index contributed by atoms with van der Waals surface area (Å²) in [5.41, 5.74) is 1.94. The van der Waals surface area contributed by atoms with Crippen LogP contribution in [0, 0.1) is 5.82 Å². The number of pyridine rings is 2. The number of rotatable bonds is 4. The van der Waals surface area contributed by atoms with E-state index < -0.39 is 0 Å². The van der Waals surface area contributed by atoms with E-state index >= 15 is 0 Å². The molecule has 1 unspecified atom stereocenters. The summed E-state index contributed by atoms with van der Waals surface area (Å²) in [6, 6.07) is 5.60. The molecule has 0 spiro atoms. The van der Waals surface area contributed by atoms with Gasteiger partial charge in [0.25, 0.3) is 0 Å². The molecule has 2 atom stereocenters. The predicted molar refractivity (Wildman–Crippen MR) is 68.4 cm³/mol. The summed E-state index contributed by atoms with van der Waals surface area (Å²) in [7, 11) is 0. The van der Waals surface area contributed by atoms with Gasteiger partial charge >= 0.3 is 0 Å². The van der Waals surface area contributed by atoms with Crippen LogP contribution < -0.4 is 5.32 Å². The van der Waals surface area contributed by atoms with Crippen LogP contribution in [0.5, 0.6) is 0 Å². The lowest BCUT2D eigenvalue weighted by Gasteiger charge is -2.20. The summed E-state index contributed by atoms with van der Waals surface area (Å²) in [6.45, 7) is 4.05. The summed E-state index contributed by atoms with van der Waals surface area (Å²) in [6.07, 6.45) is 6.46. The van der Waals surface area contributed by atoms with Gasteiger partial charge < -0.3 is 5.32 Å². The topological polar surface area (TPSA) is 37.8 Å². The Morgan fingerprint density at radius 2 is 1.78 bits per heavy atom. The zero-order valence-electron chi connectivity index (χ0n) is 10.5. The number of hydrogen-bond acceptors (Lipinski definition) is 3. The average molecular weight is 245 g/mol. The zero-order valence-corrected chi connectivity index (χ0v) is 10.5. The minimum Gasteiger partial charge on any atom is -0.304 e. The standard InChI is InChI=1S/C14H16FN3/c1-10(12-4-3-5-16-7-12)18-11(2)13-6-14(15)9-17-8-13/h3-11,18H,1-2H3/t10-,11?/m1/s1. The van der Waals surface area contributed by atoms with Crippen LogP contribution in [-0.4, -0.2) is 9.97 Å². The van der Waals surface area contributed by atoms with E-state index in [1.165, 1.54) is 12.3 Å². The van der Waals surface area contributed by atoms with Gasteiger partial charge in [-0.2, -0.15) is 0 Å². The Kier molecular flexibility index (Phi) is 3.99. The van der Waals surface area contributed by atoms with Crippen molar-refractivity contribution < 1.29 is 4.39 Å². The van der Waals surface area contributed by atoms with Crippen LogP contribution in [0.1, 0.15) is 37.1 Å². The Bertz CT molecular complexity index is 501. The van der Waals surface area contributed by atoms with Gasteiger partial charge in [0.1, 0.15) is 5.82 Å². The van der Waals surface area contributed by atoms with Crippen LogP contribution in [0.4, 0.5) is 4.39 Å². The van der Waals surface area contributed by atoms with Crippen molar-refractivity contribution in [3.05, 3.63) is 59.9 Å². The lowest BCUT2D eigenvalue weighted by Crippen LogP contribution is -2.22. The normalized spacial score (nSPS) is 14.2. The quantitative estimate of drug-likeness (QED) is 0.899. The summed E-state index contributed by atoms with van der Waals surface area (Å²) in [4.78, 5) is 7.95. The number of halogens is 1. The van der Waals surface area contributed by atoms with Crippen LogP contribution >= 0.6 is 0 Å². The molecule has 0 fully saturated rings. The Morgan fingerprint density at radius 1 is 1.06 bits per heavy atom. The van der Waals surface area contributed by atoms with E-state index in [9.17, 15) is 4.39 Å². The summed E-state index contributed by atoms with van der Waals surface area (Å²) in [5.74, 6) is -0.310. The second-order valence-electron chi connectivity index (χ2n) is 4.33. The summed E-state index contributed by atoms with van der Waals surface area (Å²) in [5, 5.41) is 3.39. The molecule has 0 aliphatic carbocycles. The highest BCUT2D eigenvalue weighted by molar-refractivity contribution is 5.17. The van der Waals surface area contributed by atoms with E-state index in [1.807, 2.05) is 25.3 Å². The van der Waals surface area contributed by atoms with Gasteiger partial charge in [-0.15, -0.1) is 0 Å². The van der Waals surface area contributed by atoms with Gasteiger partial charge in [-0.1, -0.05) is 6.07 Å². The number of aromatic nitrogens is 2. The van der Waals surface area contributed by atoms with E-state index in [-0.39, 0.29) is 17.9 Å². The van der Waals surface area contributed by atoms with Crippen molar-refractivity contribution in [2.75, 3.05) is 0 Å². The molecule has 0 bridgehead atoms. The highest BCUT2D eigenvalue weighted by atomic mass is 19.1. The lowest BCUT2D eigenvalue weighted by molar-refractivity contribution is 0.489. The largest absolute Gasteiger partial charge is 0.304 e. The van der Waals surface area contributed by atoms with E-state index in [0.29, 0.717) is 0 Å². The molecule has 0 saturated heterocycles. The Labute approximate surface area is 106 Å². The van der Waals surface area contributed by atoms with Gasteiger partial charge in [0.05, 0.1) is 6.20 Å². The van der Waals surface area contributed by atoms with Crippen molar-refractivity contribution in [1.29, 1.82) is 0 Å². The van der Waals surface area contributed by atoms with E-state index in [0.717, 1.165) is 11.1 Å². The van der Waals surface area contributed by atoms with Gasteiger partial charge in [-0.05, 0) is 37.1 Å². The molecule has 94 valence electrons. The Hall–Kier alpha value is -1.81. The smallest absolute Gasteiger partial charge is 0.141 e. The maximum absolute atomic E-state index is 13.1. The third kappa shape index (κ3) is 3.11. The second-order valence-corrected chi connectivity index (χ2v) is 4.33. The van der Waals surface area contributed by atoms with Gasteiger partial charge in [0.15, 0.2) is 0 Å². The van der Waals surface area contributed by atoms with Crippen LogP contribution in [0.2, 0.25) is 0 Å². The summed E-state index contributed by atoms with van der Waals surface area (Å²) < 4.78 is 13.1. The molecule has 3 nitrogen and oxygen atoms in total. The Morgan fingerprint density at radius 3 is 2.44 bits per heavy atom. The first-order valence-corrected chi connectivity index (χ1v) is 5.93. The number of nitrogens with one attached hydrogen (secondary N) is 1. The van der Waals surface area contributed by atoms with Crippen molar-refractivity contribution in [3.63, 3.8) is 0 Å². The number of hydrogen-bond donors (Lipinski definition) is 1. The first kappa shape index (κ1) is 12.6. The van der Waals surface area contributed by atoms with E-state index in [4.69, 9.17) is 0 Å². The van der Waals surface area contributed by atoms with Gasteiger partial charge in [-0.25, -0.2) is 4.39 Å². The number of nitrogens with zero attached hydrogens (tertiary/aromatic N) is 2. The van der Waals surface area contributed by atoms with Crippen molar-refractivity contribution in [3.8, 4) is 0 Å². The molecular formula is C14H16FN3. The second kappa shape index (κ2) is 5.69. The van der Waals surface area contributed by atoms with Crippen LogP contribution in [0.15, 0.2) is 43.0 Å². The molecule has 0 aromatic carbocycles. The fourth-order valence-corrected chi connectivity index (χ4v) is 1.86. The monoisotopic (exact) mass is 245 g/mol. The fourth-order valence-electron chi connectivity index (χ4n) is 1.86. The van der Waals surface area contributed by atoms with Crippen molar-refractivity contribution in [1.82, 2.24) is 15.3 Å². The van der Waals surface area contributed by atoms with Gasteiger partial charge in [-0.3, -0.25) is 9.97 Å². The van der Waals surface area contributed by atoms with E-state index in [1.54, 1.807) is 12.4 Å². The Balaban J connectivity index is 2.05. The van der Waals surface area contributed by atoms with Crippen LogP contribution in [0.25, 0.3) is 0 Å². The first-order chi connectivity index (χ1) is 8.66. The van der Waals surface area contributed by atoms with Crippen LogP contribution in [-0.2, 0) is 0 Å². The molecule has 0 aliphatic rings. The molecule has 2 aromatic rings. The molecular weight excluding hydrogens is 229 g/mol. The first-order valence-electron chi connectivity index (χ1n) is 5.93. The molecule has 1 N–H and O–H groups in total. The molecule has 2 heterocycles. The fraction of sp³-hybridized carbons (Fsp3) is 0.286. The SMILES string of the molecule is CC(N[C@H](C)c1cccnc1)c1cncc(F)c1. The maximum Gasteiger partial charge on any atom is 0.141 e. The molecule has 0 saturated carbocycles. The van der Waals surface area contributed by atoms with Crippen molar-refractivity contribution in [2.45, 2.75) is 25.9 Å². The highest BCUT2D eigenvalue weighted by Gasteiger charge is 2.11. The molecule has 0 radical (unpaired) electrons. The van der Waals surface area contributed by atoms with Gasteiger partial charge in [0, 0.05) is 30.7 Å². The van der Waals surface area contributed by atoms with Gasteiger partial charge in [0.2, 0.25) is 0 Å². The average Bonchev–Trinajstić information content (AvgIpc) is 2.39. The molecule has 18 heavy (non-hydrogen) atoms. The third-order valence-electron chi connectivity index (χ3n) is 2.91. The zero-order chi connectivity index (χ0) is 13.0. The maximum atomic E-state index is 13.1. The molecule has 0 aliphatic heterocycles. The minimum absolute atomic E-state index is 0.0309. The van der Waals surface area contributed by atoms with Crippen LogP contribution in [0.3, 0.4) is 0 Å². The van der Waals surface area contributed by atoms with Crippen molar-refractivity contribution >= 4 is 0 Å². The summed E-state index contributed by atoms with van der Waals surface area (Å²) >= 11 is 0. The van der Waals surface area contributed by atoms with E-state index in [2.05, 4.69) is 22.2 Å². The highest BCUT2D eigenvalue weighted by Crippen LogP contribution is 2.18. The predicted octanol–water partition coefficient (Wildman–Crippen LogP) is 3.03. The molecule has 2 aromatic heterocycles. The molecule has 0 amide bonds. The van der Waals surface area contributed by atoms with Crippen molar-refractivity contribution in [2.24, 2.45) is 0 Å².